The molecule has 0 radical (unpaired) electrons. The molecule has 0 bridgehead atoms. The molecular weight excluding hydrogens is 350 g/mol. The molecule has 2 fully saturated rings. The van der Waals surface area contributed by atoms with E-state index < -0.39 is 0 Å². The number of Topliss-reactive ketones (excluding diaryl/α,β-unsaturated/α-hetero) is 1. The summed E-state index contributed by atoms with van der Waals surface area (Å²) < 4.78 is 0. The highest BCUT2D eigenvalue weighted by atomic mass is 16.2. The molecule has 4 rings (SSSR count). The van der Waals surface area contributed by atoms with Gasteiger partial charge in [-0.05, 0) is 70.0 Å². The quantitative estimate of drug-likeness (QED) is 0.747. The molecule has 2 saturated heterocycles. The van der Waals surface area contributed by atoms with Gasteiger partial charge in [0.05, 0.1) is 5.69 Å². The molecule has 0 spiro atoms. The number of nitrogens with zero attached hydrogens (tertiary/aromatic N) is 3. The lowest BCUT2D eigenvalue weighted by Crippen LogP contribution is -2.42. The van der Waals surface area contributed by atoms with Crippen LogP contribution in [0.25, 0.3) is 11.3 Å². The van der Waals surface area contributed by atoms with Crippen LogP contribution in [0.15, 0.2) is 42.6 Å². The van der Waals surface area contributed by atoms with E-state index in [9.17, 15) is 9.59 Å². The van der Waals surface area contributed by atoms with Gasteiger partial charge >= 0.3 is 0 Å². The molecular formula is C23H27N3O2. The number of carbonyl (C=O) groups excluding carboxylic acids is 2. The summed E-state index contributed by atoms with van der Waals surface area (Å²) in [6, 6.07) is 11.6. The first kappa shape index (κ1) is 18.8. The predicted molar refractivity (Wildman–Crippen MR) is 109 cm³/mol. The van der Waals surface area contributed by atoms with Crippen molar-refractivity contribution in [3.05, 3.63) is 53.7 Å². The molecule has 0 saturated carbocycles. The molecule has 28 heavy (non-hydrogen) atoms. The van der Waals surface area contributed by atoms with Gasteiger partial charge in [0.15, 0.2) is 5.78 Å². The van der Waals surface area contributed by atoms with Gasteiger partial charge in [-0.3, -0.25) is 14.6 Å². The number of ketones is 1. The summed E-state index contributed by atoms with van der Waals surface area (Å²) in [5.41, 5.74) is 3.09. The number of amides is 1. The summed E-state index contributed by atoms with van der Waals surface area (Å²) in [6.45, 7) is 5.74. The third kappa shape index (κ3) is 3.99. The molecule has 1 atom stereocenters. The van der Waals surface area contributed by atoms with Gasteiger partial charge in [-0.15, -0.1) is 0 Å². The Bertz CT molecular complexity index is 839. The van der Waals surface area contributed by atoms with Crippen LogP contribution in [0, 0.1) is 0 Å². The molecule has 0 aliphatic carbocycles. The Kier molecular flexibility index (Phi) is 5.53. The minimum atomic E-state index is 0.00842. The van der Waals surface area contributed by atoms with Gasteiger partial charge < -0.3 is 9.80 Å². The molecule has 2 aromatic rings. The Labute approximate surface area is 166 Å². The standard InChI is InChI=1S/C23H27N3O2/c1-17(27)20-10-11-22(24-15-20)18-6-8-19(9-7-18)23(28)26-14-4-5-21(26)16-25-12-2-3-13-25/h6-11,15,21H,2-5,12-14,16H2,1H3/t21-/m0/s1. The summed E-state index contributed by atoms with van der Waals surface area (Å²) in [5.74, 6) is 0.141. The van der Waals surface area contributed by atoms with Gasteiger partial charge in [-0.1, -0.05) is 12.1 Å². The van der Waals surface area contributed by atoms with Crippen LogP contribution < -0.4 is 0 Å². The van der Waals surface area contributed by atoms with E-state index in [1.54, 1.807) is 12.3 Å². The van der Waals surface area contributed by atoms with Crippen molar-refractivity contribution in [1.82, 2.24) is 14.8 Å². The maximum atomic E-state index is 13.1. The molecule has 1 aromatic heterocycles. The number of hydrogen-bond acceptors (Lipinski definition) is 4. The highest BCUT2D eigenvalue weighted by molar-refractivity contribution is 5.95. The van der Waals surface area contributed by atoms with E-state index in [4.69, 9.17) is 0 Å². The van der Waals surface area contributed by atoms with Crippen LogP contribution >= 0.6 is 0 Å². The summed E-state index contributed by atoms with van der Waals surface area (Å²) in [7, 11) is 0. The van der Waals surface area contributed by atoms with Crippen molar-refractivity contribution in [1.29, 1.82) is 0 Å². The van der Waals surface area contributed by atoms with Crippen molar-refractivity contribution < 1.29 is 9.59 Å². The van der Waals surface area contributed by atoms with E-state index >= 15 is 0 Å². The summed E-state index contributed by atoms with van der Waals surface area (Å²) in [4.78, 5) is 33.4. The number of aromatic nitrogens is 1. The lowest BCUT2D eigenvalue weighted by molar-refractivity contribution is 0.0708. The van der Waals surface area contributed by atoms with Crippen LogP contribution in [-0.2, 0) is 0 Å². The van der Waals surface area contributed by atoms with Crippen LogP contribution in [0.2, 0.25) is 0 Å². The van der Waals surface area contributed by atoms with E-state index in [-0.39, 0.29) is 11.7 Å². The largest absolute Gasteiger partial charge is 0.334 e. The van der Waals surface area contributed by atoms with Crippen molar-refractivity contribution in [3.8, 4) is 11.3 Å². The van der Waals surface area contributed by atoms with E-state index in [2.05, 4.69) is 14.8 Å². The minimum absolute atomic E-state index is 0.00842. The highest BCUT2D eigenvalue weighted by Crippen LogP contribution is 2.24. The average Bonchev–Trinajstić information content (AvgIpc) is 3.40. The van der Waals surface area contributed by atoms with Gasteiger partial charge in [0.1, 0.15) is 0 Å². The Morgan fingerprint density at radius 1 is 0.964 bits per heavy atom. The van der Waals surface area contributed by atoms with Crippen molar-refractivity contribution >= 4 is 11.7 Å². The summed E-state index contributed by atoms with van der Waals surface area (Å²) in [6.07, 6.45) is 6.36. The fraction of sp³-hybridized carbons (Fsp3) is 0.435. The zero-order valence-corrected chi connectivity index (χ0v) is 16.4. The van der Waals surface area contributed by atoms with Crippen LogP contribution in [0.3, 0.4) is 0 Å². The average molecular weight is 377 g/mol. The van der Waals surface area contributed by atoms with Gasteiger partial charge in [-0.2, -0.15) is 0 Å². The van der Waals surface area contributed by atoms with Crippen molar-refractivity contribution in [3.63, 3.8) is 0 Å². The first-order valence-corrected chi connectivity index (χ1v) is 10.2. The van der Waals surface area contributed by atoms with Gasteiger partial charge in [0.25, 0.3) is 5.91 Å². The molecule has 2 aliphatic rings. The smallest absolute Gasteiger partial charge is 0.254 e. The second-order valence-electron chi connectivity index (χ2n) is 7.87. The highest BCUT2D eigenvalue weighted by Gasteiger charge is 2.31. The van der Waals surface area contributed by atoms with E-state index in [0.29, 0.717) is 11.6 Å². The Hall–Kier alpha value is -2.53. The first-order valence-electron chi connectivity index (χ1n) is 10.2. The number of rotatable bonds is 5. The number of pyridine rings is 1. The Morgan fingerprint density at radius 2 is 1.68 bits per heavy atom. The first-order chi connectivity index (χ1) is 13.6. The molecule has 3 heterocycles. The van der Waals surface area contributed by atoms with E-state index in [1.807, 2.05) is 30.3 Å². The third-order valence-electron chi connectivity index (χ3n) is 5.90. The molecule has 5 nitrogen and oxygen atoms in total. The monoisotopic (exact) mass is 377 g/mol. The SMILES string of the molecule is CC(=O)c1ccc(-c2ccc(C(=O)N3CCC[C@H]3CN3CCCC3)cc2)nc1. The number of carbonyl (C=O) groups is 2. The zero-order chi connectivity index (χ0) is 19.5. The molecule has 2 aliphatic heterocycles. The van der Waals surface area contributed by atoms with Gasteiger partial charge in [0, 0.05) is 42.0 Å². The zero-order valence-electron chi connectivity index (χ0n) is 16.4. The molecule has 5 heteroatoms. The van der Waals surface area contributed by atoms with Crippen molar-refractivity contribution in [2.24, 2.45) is 0 Å². The fourth-order valence-corrected chi connectivity index (χ4v) is 4.28. The Morgan fingerprint density at radius 3 is 2.32 bits per heavy atom. The molecule has 0 unspecified atom stereocenters. The number of hydrogen-bond donors (Lipinski definition) is 0. The third-order valence-corrected chi connectivity index (χ3v) is 5.90. The van der Waals surface area contributed by atoms with Crippen LogP contribution in [0.4, 0.5) is 0 Å². The van der Waals surface area contributed by atoms with Gasteiger partial charge in [-0.25, -0.2) is 0 Å². The second-order valence-corrected chi connectivity index (χ2v) is 7.87. The molecule has 1 amide bonds. The van der Waals surface area contributed by atoms with Crippen molar-refractivity contribution in [2.75, 3.05) is 26.2 Å². The lowest BCUT2D eigenvalue weighted by Gasteiger charge is -2.28. The van der Waals surface area contributed by atoms with Crippen LogP contribution in [0.1, 0.15) is 53.3 Å². The van der Waals surface area contributed by atoms with E-state index in [1.165, 1.54) is 32.9 Å². The molecule has 146 valence electrons. The maximum absolute atomic E-state index is 13.1. The van der Waals surface area contributed by atoms with Crippen LogP contribution in [0.5, 0.6) is 0 Å². The fourth-order valence-electron chi connectivity index (χ4n) is 4.28. The molecule has 1 aromatic carbocycles. The minimum Gasteiger partial charge on any atom is -0.334 e. The van der Waals surface area contributed by atoms with E-state index in [0.717, 1.165) is 42.8 Å². The van der Waals surface area contributed by atoms with Crippen LogP contribution in [-0.4, -0.2) is 58.7 Å². The van der Waals surface area contributed by atoms with Crippen molar-refractivity contribution in [2.45, 2.75) is 38.6 Å². The maximum Gasteiger partial charge on any atom is 0.254 e. The topological polar surface area (TPSA) is 53.5 Å². The normalized spacial score (nSPS) is 19.9. The summed E-state index contributed by atoms with van der Waals surface area (Å²) >= 11 is 0. The van der Waals surface area contributed by atoms with Gasteiger partial charge in [0.2, 0.25) is 0 Å². The molecule has 0 N–H and O–H groups in total. The second kappa shape index (κ2) is 8.23. The number of likely N-dealkylation sites (tertiary alicyclic amines) is 2. The number of benzene rings is 1. The summed E-state index contributed by atoms with van der Waals surface area (Å²) in [5, 5.41) is 0. The lowest BCUT2D eigenvalue weighted by atomic mass is 10.1. The predicted octanol–water partition coefficient (Wildman–Crippen LogP) is 3.65. The Balaban J connectivity index is 1.45.